The van der Waals surface area contributed by atoms with Crippen LogP contribution in [0.5, 0.6) is 0 Å². The molecule has 0 bridgehead atoms. The van der Waals surface area contributed by atoms with E-state index in [4.69, 9.17) is 50.4 Å². The molecule has 2 atom stereocenters. The maximum atomic E-state index is 15.0. The van der Waals surface area contributed by atoms with Crippen molar-refractivity contribution in [2.24, 2.45) is 28.1 Å². The zero-order valence-electron chi connectivity index (χ0n) is 28.6. The molecule has 49 heavy (non-hydrogen) atoms. The minimum atomic E-state index is -3.59. The van der Waals surface area contributed by atoms with E-state index in [2.05, 4.69) is 9.71 Å². The number of sulfonamides is 1. The van der Waals surface area contributed by atoms with Gasteiger partial charge in [0.15, 0.2) is 5.96 Å². The smallest absolute Gasteiger partial charge is 0.275 e. The van der Waals surface area contributed by atoms with Crippen LogP contribution in [-0.4, -0.2) is 142 Å². The Morgan fingerprint density at radius 1 is 0.776 bits per heavy atom. The maximum absolute atomic E-state index is 15.0. The highest BCUT2D eigenvalue weighted by atomic mass is 32.2. The van der Waals surface area contributed by atoms with Gasteiger partial charge in [-0.1, -0.05) is 6.08 Å². The first-order chi connectivity index (χ1) is 23.5. The van der Waals surface area contributed by atoms with Crippen LogP contribution in [0.25, 0.3) is 0 Å². The fourth-order valence-electron chi connectivity index (χ4n) is 5.47. The van der Waals surface area contributed by atoms with Crippen molar-refractivity contribution in [3.05, 3.63) is 11.6 Å². The second-order valence-corrected chi connectivity index (χ2v) is 13.9. The van der Waals surface area contributed by atoms with E-state index < -0.39 is 51.6 Å². The van der Waals surface area contributed by atoms with Crippen LogP contribution in [0, 0.1) is 5.92 Å². The van der Waals surface area contributed by atoms with Crippen LogP contribution in [-0.2, 0) is 48.0 Å². The third-order valence-corrected chi connectivity index (χ3v) is 9.86. The molecule has 2 rings (SSSR count). The average Bonchev–Trinajstić information content (AvgIpc) is 3.05. The van der Waals surface area contributed by atoms with E-state index in [-0.39, 0.29) is 37.5 Å². The van der Waals surface area contributed by atoms with Crippen LogP contribution in [0.15, 0.2) is 16.6 Å². The van der Waals surface area contributed by atoms with E-state index in [0.29, 0.717) is 105 Å². The first-order valence-electron chi connectivity index (χ1n) is 16.9. The monoisotopic (exact) mass is 729 g/mol. The Bertz CT molecular complexity index is 1070. The molecule has 2 saturated carbocycles. The summed E-state index contributed by atoms with van der Waals surface area (Å²) in [6.45, 7) is 7.16. The summed E-state index contributed by atoms with van der Waals surface area (Å²) in [6.07, 6.45) is -1.94. The van der Waals surface area contributed by atoms with Crippen molar-refractivity contribution in [3.8, 4) is 0 Å². The van der Waals surface area contributed by atoms with Gasteiger partial charge in [-0.05, 0) is 51.4 Å². The van der Waals surface area contributed by atoms with Gasteiger partial charge in [0.1, 0.15) is 18.4 Å². The molecule has 0 aromatic rings. The lowest BCUT2D eigenvalue weighted by molar-refractivity contribution is -0.118. The van der Waals surface area contributed by atoms with Crippen molar-refractivity contribution in [2.75, 3.05) is 92.4 Å². The third-order valence-electron chi connectivity index (χ3n) is 7.90. The minimum Gasteiger partial charge on any atom is -0.378 e. The van der Waals surface area contributed by atoms with Gasteiger partial charge in [-0.3, -0.25) is 4.79 Å². The largest absolute Gasteiger partial charge is 0.378 e. The molecule has 18 heteroatoms. The number of ether oxygens (including phenoxy) is 7. The van der Waals surface area contributed by atoms with Gasteiger partial charge in [-0.2, -0.15) is 4.99 Å². The summed E-state index contributed by atoms with van der Waals surface area (Å²) in [5, 5.41) is -0.616. The summed E-state index contributed by atoms with van der Waals surface area (Å²) in [6, 6.07) is 0. The van der Waals surface area contributed by atoms with Crippen molar-refractivity contribution in [1.29, 1.82) is 0 Å². The number of allylic oxidation sites excluding steroid dienone is 1. The van der Waals surface area contributed by atoms with Crippen LogP contribution in [0.3, 0.4) is 0 Å². The average molecular weight is 730 g/mol. The van der Waals surface area contributed by atoms with Gasteiger partial charge in [0.05, 0.1) is 90.6 Å². The highest BCUT2D eigenvalue weighted by Crippen LogP contribution is 2.35. The van der Waals surface area contributed by atoms with E-state index >= 15 is 0 Å². The maximum Gasteiger partial charge on any atom is 0.275 e. The standard InChI is InChI=1S/C31H57F2N5O10S/c1-23(30(39)38-31(35)36)20-24-21-27(32)29(28(33)22-24)48-25-2-4-26(5-3-25)49(40,41)37-7-9-43-11-13-45-15-17-47-19-18-46-16-14-44-12-10-42-8-6-34/h20,24-29,37H,2-19,21-22,34H2,1H3,(H4,35,36,38,39)/b23-20+. The number of carbonyl (C=O) groups excluding carboxylic acids is 1. The molecule has 0 saturated heterocycles. The molecule has 0 radical (unpaired) electrons. The Morgan fingerprint density at radius 3 is 1.67 bits per heavy atom. The van der Waals surface area contributed by atoms with E-state index in [0.717, 1.165) is 0 Å². The number of amides is 1. The lowest BCUT2D eigenvalue weighted by atomic mass is 9.83. The van der Waals surface area contributed by atoms with E-state index in [1.54, 1.807) is 0 Å². The summed E-state index contributed by atoms with van der Waals surface area (Å²) in [5.41, 5.74) is 16.0. The number of hydrogen-bond acceptors (Lipinski definition) is 11. The molecule has 15 nitrogen and oxygen atoms in total. The van der Waals surface area contributed by atoms with Gasteiger partial charge >= 0.3 is 0 Å². The van der Waals surface area contributed by atoms with E-state index in [1.807, 2.05) is 0 Å². The Hall–Kier alpha value is -1.87. The van der Waals surface area contributed by atoms with Gasteiger partial charge in [-0.25, -0.2) is 21.9 Å². The van der Waals surface area contributed by atoms with E-state index in [9.17, 15) is 22.0 Å². The lowest BCUT2D eigenvalue weighted by Crippen LogP contribution is -2.45. The van der Waals surface area contributed by atoms with Crippen LogP contribution in [0.2, 0.25) is 0 Å². The predicted molar refractivity (Wildman–Crippen MR) is 179 cm³/mol. The molecule has 2 fully saturated rings. The number of carbonyl (C=O) groups is 1. The van der Waals surface area contributed by atoms with Gasteiger partial charge in [-0.15, -0.1) is 0 Å². The molecule has 2 aliphatic rings. The Morgan fingerprint density at radius 2 is 1.22 bits per heavy atom. The predicted octanol–water partition coefficient (Wildman–Crippen LogP) is 0.493. The number of guanidine groups is 1. The first kappa shape index (κ1) is 43.3. The molecule has 2 unspecified atom stereocenters. The zero-order chi connectivity index (χ0) is 35.9. The second kappa shape index (κ2) is 25.1. The fraction of sp³-hybridized carbons (Fsp3) is 0.871. The van der Waals surface area contributed by atoms with Crippen molar-refractivity contribution < 1.29 is 55.2 Å². The summed E-state index contributed by atoms with van der Waals surface area (Å²) < 4.78 is 96.1. The second-order valence-electron chi connectivity index (χ2n) is 11.9. The Balaban J connectivity index is 1.48. The molecule has 286 valence electrons. The molecule has 7 N–H and O–H groups in total. The summed E-state index contributed by atoms with van der Waals surface area (Å²) >= 11 is 0. The number of rotatable bonds is 26. The fourth-order valence-corrected chi connectivity index (χ4v) is 6.96. The van der Waals surface area contributed by atoms with Crippen LogP contribution < -0.4 is 21.9 Å². The lowest BCUT2D eigenvalue weighted by Gasteiger charge is -2.37. The molecule has 2 aliphatic carbocycles. The van der Waals surface area contributed by atoms with Gasteiger partial charge < -0.3 is 50.4 Å². The molecule has 0 aliphatic heterocycles. The highest BCUT2D eigenvalue weighted by molar-refractivity contribution is 7.90. The summed E-state index contributed by atoms with van der Waals surface area (Å²) in [7, 11) is -3.59. The quantitative estimate of drug-likeness (QED) is 0.0413. The molecule has 1 amide bonds. The molecule has 0 aromatic heterocycles. The molecule has 0 heterocycles. The van der Waals surface area contributed by atoms with Crippen molar-refractivity contribution in [1.82, 2.24) is 4.72 Å². The minimum absolute atomic E-state index is 0.00476. The van der Waals surface area contributed by atoms with Crippen LogP contribution in [0.1, 0.15) is 45.4 Å². The van der Waals surface area contributed by atoms with Crippen molar-refractivity contribution in [3.63, 3.8) is 0 Å². The SMILES string of the molecule is C/C(=C\C1CC(F)C(OC2CCC(S(=O)(=O)NCCOCCOCCOCCOCCOCCOCCN)CC2)C(F)C1)C(=O)N=C(N)N. The van der Waals surface area contributed by atoms with Gasteiger partial charge in [0.25, 0.3) is 5.91 Å². The molecule has 0 aromatic carbocycles. The number of aliphatic imine (C=N–C) groups is 1. The van der Waals surface area contributed by atoms with Gasteiger partial charge in [0.2, 0.25) is 10.0 Å². The third kappa shape index (κ3) is 18.8. The number of alkyl halides is 2. The van der Waals surface area contributed by atoms with Crippen LogP contribution >= 0.6 is 0 Å². The number of nitrogens with one attached hydrogen (secondary N) is 1. The molecular formula is C31H57F2N5O10S. The normalized spacial score (nSPS) is 24.9. The number of hydrogen-bond donors (Lipinski definition) is 4. The molecule has 0 spiro atoms. The Labute approximate surface area is 288 Å². The van der Waals surface area contributed by atoms with Crippen LogP contribution in [0.4, 0.5) is 8.78 Å². The van der Waals surface area contributed by atoms with Crippen molar-refractivity contribution in [2.45, 2.75) is 75.2 Å². The molecular weight excluding hydrogens is 672 g/mol. The number of nitrogens with zero attached hydrogens (tertiary/aromatic N) is 1. The topological polar surface area (TPSA) is 218 Å². The summed E-state index contributed by atoms with van der Waals surface area (Å²) in [5.74, 6) is -1.54. The zero-order valence-corrected chi connectivity index (χ0v) is 29.4. The van der Waals surface area contributed by atoms with Gasteiger partial charge in [0, 0.05) is 18.7 Å². The van der Waals surface area contributed by atoms with E-state index in [1.165, 1.54) is 13.0 Å². The summed E-state index contributed by atoms with van der Waals surface area (Å²) in [4.78, 5) is 15.4. The number of halogens is 2. The Kier molecular flexibility index (Phi) is 22.2. The number of nitrogens with two attached hydrogens (primary N) is 3. The first-order valence-corrected chi connectivity index (χ1v) is 18.5. The van der Waals surface area contributed by atoms with Crippen molar-refractivity contribution >= 4 is 21.9 Å². The highest BCUT2D eigenvalue weighted by Gasteiger charge is 2.41.